The molecule has 0 radical (unpaired) electrons. The van der Waals surface area contributed by atoms with Gasteiger partial charge in [-0.1, -0.05) is 26.7 Å². The van der Waals surface area contributed by atoms with Gasteiger partial charge < -0.3 is 14.8 Å². The van der Waals surface area contributed by atoms with Gasteiger partial charge in [0.05, 0.1) is 0 Å². The van der Waals surface area contributed by atoms with Crippen LogP contribution in [0.2, 0.25) is 0 Å². The number of rotatable bonds is 7. The number of hydrogen-bond donors (Lipinski definition) is 2. The largest absolute Gasteiger partial charge is 0.475 e. The molecular weight excluding hydrogens is 234 g/mol. The second-order valence-corrected chi connectivity index (χ2v) is 4.61. The zero-order valence-corrected chi connectivity index (χ0v) is 10.7. The van der Waals surface area contributed by atoms with E-state index in [9.17, 15) is 9.59 Å². The second kappa shape index (κ2) is 6.83. The van der Waals surface area contributed by atoms with E-state index in [1.807, 2.05) is 0 Å². The fourth-order valence-corrected chi connectivity index (χ4v) is 1.54. The smallest absolute Gasteiger partial charge is 0.371 e. The molecule has 0 aliphatic heterocycles. The Morgan fingerprint density at radius 3 is 2.50 bits per heavy atom. The quantitative estimate of drug-likeness (QED) is 0.732. The number of carboxylic acid groups (broad SMARTS) is 1. The van der Waals surface area contributed by atoms with Crippen molar-refractivity contribution in [3.8, 4) is 0 Å². The Morgan fingerprint density at radius 1 is 1.28 bits per heavy atom. The van der Waals surface area contributed by atoms with Crippen molar-refractivity contribution in [2.45, 2.75) is 33.1 Å². The van der Waals surface area contributed by atoms with Gasteiger partial charge in [0.15, 0.2) is 5.76 Å². The van der Waals surface area contributed by atoms with Crippen LogP contribution in [0.5, 0.6) is 0 Å². The lowest BCUT2D eigenvalue weighted by atomic mass is 10.1. The minimum absolute atomic E-state index is 0.0382. The maximum Gasteiger partial charge on any atom is 0.371 e. The van der Waals surface area contributed by atoms with Crippen LogP contribution in [-0.4, -0.2) is 23.5 Å². The van der Waals surface area contributed by atoms with Gasteiger partial charge in [0, 0.05) is 6.54 Å². The Hall–Kier alpha value is -1.78. The number of unbranched alkanes of at least 4 members (excludes halogenated alkanes) is 1. The van der Waals surface area contributed by atoms with E-state index >= 15 is 0 Å². The number of hydrogen-bond acceptors (Lipinski definition) is 3. The zero-order valence-electron chi connectivity index (χ0n) is 10.7. The first kappa shape index (κ1) is 14.3. The molecule has 5 heteroatoms. The molecular formula is C13H19NO4. The van der Waals surface area contributed by atoms with Crippen LogP contribution in [0.25, 0.3) is 0 Å². The van der Waals surface area contributed by atoms with Gasteiger partial charge in [-0.25, -0.2) is 4.79 Å². The maximum absolute atomic E-state index is 11.6. The van der Waals surface area contributed by atoms with E-state index in [-0.39, 0.29) is 17.4 Å². The maximum atomic E-state index is 11.6. The van der Waals surface area contributed by atoms with Gasteiger partial charge in [0.2, 0.25) is 5.76 Å². The highest BCUT2D eigenvalue weighted by Gasteiger charge is 2.14. The summed E-state index contributed by atoms with van der Waals surface area (Å²) in [6.07, 6.45) is 3.12. The predicted molar refractivity (Wildman–Crippen MR) is 66.7 cm³/mol. The van der Waals surface area contributed by atoms with E-state index in [2.05, 4.69) is 19.2 Å². The topological polar surface area (TPSA) is 79.5 Å². The molecule has 0 saturated carbocycles. The van der Waals surface area contributed by atoms with Crippen molar-refractivity contribution in [3.63, 3.8) is 0 Å². The van der Waals surface area contributed by atoms with Gasteiger partial charge in [-0.2, -0.15) is 0 Å². The van der Waals surface area contributed by atoms with Gasteiger partial charge in [-0.15, -0.1) is 0 Å². The normalized spacial score (nSPS) is 10.6. The molecule has 0 unspecified atom stereocenters. The van der Waals surface area contributed by atoms with Gasteiger partial charge in [0.25, 0.3) is 5.91 Å². The Bertz CT molecular complexity index is 409. The Morgan fingerprint density at radius 2 is 1.94 bits per heavy atom. The highest BCUT2D eigenvalue weighted by atomic mass is 16.4. The molecule has 2 N–H and O–H groups in total. The minimum Gasteiger partial charge on any atom is -0.475 e. The third-order valence-electron chi connectivity index (χ3n) is 2.53. The molecule has 1 aromatic rings. The van der Waals surface area contributed by atoms with Gasteiger partial charge in [-0.05, 0) is 24.5 Å². The summed E-state index contributed by atoms with van der Waals surface area (Å²) >= 11 is 0. The van der Waals surface area contributed by atoms with Crippen LogP contribution in [0, 0.1) is 5.92 Å². The third kappa shape index (κ3) is 4.61. The first-order valence-corrected chi connectivity index (χ1v) is 6.12. The van der Waals surface area contributed by atoms with Crippen LogP contribution >= 0.6 is 0 Å². The molecule has 0 atom stereocenters. The molecule has 0 saturated heterocycles. The first-order chi connectivity index (χ1) is 8.50. The van der Waals surface area contributed by atoms with Crippen molar-refractivity contribution in [1.29, 1.82) is 0 Å². The highest BCUT2D eigenvalue weighted by Crippen LogP contribution is 2.08. The summed E-state index contributed by atoms with van der Waals surface area (Å²) in [6, 6.07) is 2.64. The van der Waals surface area contributed by atoms with Crippen LogP contribution in [-0.2, 0) is 0 Å². The highest BCUT2D eigenvalue weighted by molar-refractivity contribution is 5.93. The van der Waals surface area contributed by atoms with Crippen LogP contribution in [0.15, 0.2) is 16.5 Å². The Balaban J connectivity index is 2.30. The Labute approximate surface area is 106 Å². The predicted octanol–water partition coefficient (Wildman–Crippen LogP) is 2.53. The monoisotopic (exact) mass is 253 g/mol. The molecule has 18 heavy (non-hydrogen) atoms. The van der Waals surface area contributed by atoms with Crippen molar-refractivity contribution in [2.75, 3.05) is 6.54 Å². The number of aromatic carboxylic acids is 1. The van der Waals surface area contributed by atoms with Crippen LogP contribution in [0.3, 0.4) is 0 Å². The standard InChI is InChI=1S/C13H19NO4/c1-9(2)5-3-4-8-14-12(15)10-6-7-11(18-10)13(16)17/h6-7,9H,3-5,8H2,1-2H3,(H,14,15)(H,16,17). The second-order valence-electron chi connectivity index (χ2n) is 4.61. The minimum atomic E-state index is -1.18. The Kier molecular flexibility index (Phi) is 5.42. The molecule has 1 aromatic heterocycles. The van der Waals surface area contributed by atoms with Crippen molar-refractivity contribution < 1.29 is 19.1 Å². The molecule has 0 aliphatic rings. The molecule has 0 fully saturated rings. The summed E-state index contributed by atoms with van der Waals surface area (Å²) in [5, 5.41) is 11.4. The molecule has 100 valence electrons. The fourth-order valence-electron chi connectivity index (χ4n) is 1.54. The van der Waals surface area contributed by atoms with Crippen molar-refractivity contribution in [3.05, 3.63) is 23.7 Å². The van der Waals surface area contributed by atoms with Crippen LogP contribution < -0.4 is 5.32 Å². The molecule has 1 heterocycles. The average molecular weight is 253 g/mol. The van der Waals surface area contributed by atoms with Gasteiger partial charge >= 0.3 is 5.97 Å². The molecule has 5 nitrogen and oxygen atoms in total. The SMILES string of the molecule is CC(C)CCCCNC(=O)c1ccc(C(=O)O)o1. The zero-order chi connectivity index (χ0) is 13.5. The van der Waals surface area contributed by atoms with Gasteiger partial charge in [0.1, 0.15) is 0 Å². The summed E-state index contributed by atoms with van der Waals surface area (Å²) in [5.74, 6) is -1.06. The number of furan rings is 1. The summed E-state index contributed by atoms with van der Waals surface area (Å²) in [6.45, 7) is 4.90. The molecule has 0 spiro atoms. The third-order valence-corrected chi connectivity index (χ3v) is 2.53. The fraction of sp³-hybridized carbons (Fsp3) is 0.538. The van der Waals surface area contributed by atoms with E-state index in [0.717, 1.165) is 19.3 Å². The molecule has 0 bridgehead atoms. The number of carboxylic acids is 1. The van der Waals surface area contributed by atoms with E-state index in [1.54, 1.807) is 0 Å². The molecule has 1 amide bonds. The van der Waals surface area contributed by atoms with Crippen molar-refractivity contribution >= 4 is 11.9 Å². The number of carbonyl (C=O) groups excluding carboxylic acids is 1. The van der Waals surface area contributed by atoms with Crippen LogP contribution in [0.4, 0.5) is 0 Å². The summed E-state index contributed by atoms with van der Waals surface area (Å²) in [7, 11) is 0. The number of amides is 1. The molecule has 0 aliphatic carbocycles. The van der Waals surface area contributed by atoms with E-state index in [4.69, 9.17) is 9.52 Å². The lowest BCUT2D eigenvalue weighted by molar-refractivity contribution is 0.0659. The molecule has 0 aromatic carbocycles. The summed E-state index contributed by atoms with van der Waals surface area (Å²) in [5.41, 5.74) is 0. The molecule has 1 rings (SSSR count). The van der Waals surface area contributed by atoms with E-state index in [1.165, 1.54) is 12.1 Å². The average Bonchev–Trinajstić information content (AvgIpc) is 2.77. The number of nitrogens with one attached hydrogen (secondary N) is 1. The van der Waals surface area contributed by atoms with Crippen molar-refractivity contribution in [2.24, 2.45) is 5.92 Å². The van der Waals surface area contributed by atoms with Crippen LogP contribution in [0.1, 0.15) is 54.2 Å². The lowest BCUT2D eigenvalue weighted by Gasteiger charge is -2.05. The van der Waals surface area contributed by atoms with Crippen molar-refractivity contribution in [1.82, 2.24) is 5.32 Å². The van der Waals surface area contributed by atoms with Gasteiger partial charge in [-0.3, -0.25) is 4.79 Å². The van der Waals surface area contributed by atoms with E-state index in [0.29, 0.717) is 12.5 Å². The summed E-state index contributed by atoms with van der Waals surface area (Å²) < 4.78 is 4.89. The first-order valence-electron chi connectivity index (χ1n) is 6.12. The number of carbonyl (C=O) groups is 2. The lowest BCUT2D eigenvalue weighted by Crippen LogP contribution is -2.24. The summed E-state index contributed by atoms with van der Waals surface area (Å²) in [4.78, 5) is 22.2. The van der Waals surface area contributed by atoms with E-state index < -0.39 is 5.97 Å².